The summed E-state index contributed by atoms with van der Waals surface area (Å²) in [5.74, 6) is 1.20. The number of rotatable bonds is 2. The summed E-state index contributed by atoms with van der Waals surface area (Å²) in [6.07, 6.45) is 6.15. The molecule has 108 valence electrons. The van der Waals surface area contributed by atoms with E-state index in [9.17, 15) is 0 Å². The van der Waals surface area contributed by atoms with Gasteiger partial charge in [-0.2, -0.15) is 0 Å². The van der Waals surface area contributed by atoms with Crippen molar-refractivity contribution in [3.8, 4) is 0 Å². The first kappa shape index (κ1) is 13.5. The van der Waals surface area contributed by atoms with Crippen LogP contribution in [0.3, 0.4) is 0 Å². The monoisotopic (exact) mass is 271 g/mol. The van der Waals surface area contributed by atoms with Crippen molar-refractivity contribution in [1.82, 2.24) is 9.55 Å². The molecule has 0 amide bonds. The summed E-state index contributed by atoms with van der Waals surface area (Å²) >= 11 is 0. The lowest BCUT2D eigenvalue weighted by Crippen LogP contribution is -2.25. The zero-order valence-electron chi connectivity index (χ0n) is 12.8. The number of anilines is 1. The van der Waals surface area contributed by atoms with Gasteiger partial charge in [-0.05, 0) is 42.9 Å². The predicted octanol–water partition coefficient (Wildman–Crippen LogP) is 4.32. The second kappa shape index (κ2) is 4.80. The molecule has 1 aromatic heterocycles. The Bertz CT molecular complexity index is 624. The maximum atomic E-state index is 5.90. The lowest BCUT2D eigenvalue weighted by atomic mass is 9.75. The van der Waals surface area contributed by atoms with Gasteiger partial charge in [-0.3, -0.25) is 0 Å². The lowest BCUT2D eigenvalue weighted by Gasteiger charge is -2.36. The molecular weight excluding hydrogens is 246 g/mol. The van der Waals surface area contributed by atoms with Gasteiger partial charge in [-0.1, -0.05) is 27.2 Å². The van der Waals surface area contributed by atoms with E-state index in [2.05, 4.69) is 31.4 Å². The van der Waals surface area contributed by atoms with Gasteiger partial charge in [0.05, 0.1) is 11.0 Å². The molecule has 3 nitrogen and oxygen atoms in total. The van der Waals surface area contributed by atoms with Crippen LogP contribution in [0.25, 0.3) is 11.0 Å². The first-order chi connectivity index (χ1) is 9.50. The molecule has 20 heavy (non-hydrogen) atoms. The number of aromatic nitrogens is 2. The highest BCUT2D eigenvalue weighted by atomic mass is 15.1. The number of nitrogens with zero attached hydrogens (tertiary/aromatic N) is 2. The zero-order valence-corrected chi connectivity index (χ0v) is 12.8. The van der Waals surface area contributed by atoms with Crippen LogP contribution in [0, 0.1) is 5.41 Å². The van der Waals surface area contributed by atoms with Crippen LogP contribution >= 0.6 is 0 Å². The summed E-state index contributed by atoms with van der Waals surface area (Å²) in [4.78, 5) is 4.80. The molecule has 0 saturated heterocycles. The van der Waals surface area contributed by atoms with Crippen molar-refractivity contribution >= 4 is 16.7 Å². The summed E-state index contributed by atoms with van der Waals surface area (Å²) < 4.78 is 2.48. The Labute approximate surface area is 121 Å². The average Bonchev–Trinajstić information content (AvgIpc) is 2.74. The summed E-state index contributed by atoms with van der Waals surface area (Å²) in [7, 11) is 0. The van der Waals surface area contributed by atoms with Crippen LogP contribution in [0.1, 0.15) is 58.3 Å². The summed E-state index contributed by atoms with van der Waals surface area (Å²) in [6.45, 7) is 6.97. The molecule has 2 N–H and O–H groups in total. The van der Waals surface area contributed by atoms with Crippen LogP contribution in [0.4, 0.5) is 5.69 Å². The third-order valence-corrected chi connectivity index (χ3v) is 4.65. The number of nitrogen functional groups attached to an aromatic ring is 1. The van der Waals surface area contributed by atoms with Crippen LogP contribution in [0.15, 0.2) is 18.2 Å². The Balaban J connectivity index is 2.09. The summed E-state index contributed by atoms with van der Waals surface area (Å²) in [6, 6.07) is 6.72. The summed E-state index contributed by atoms with van der Waals surface area (Å²) in [5, 5.41) is 0. The lowest BCUT2D eigenvalue weighted by molar-refractivity contribution is 0.184. The minimum Gasteiger partial charge on any atom is -0.399 e. The molecule has 0 aliphatic heterocycles. The first-order valence-corrected chi connectivity index (χ1v) is 7.76. The van der Waals surface area contributed by atoms with Gasteiger partial charge in [0.15, 0.2) is 0 Å². The zero-order chi connectivity index (χ0) is 14.3. The molecule has 1 atom stereocenters. The second-order valence-electron chi connectivity index (χ2n) is 6.91. The van der Waals surface area contributed by atoms with Crippen molar-refractivity contribution < 1.29 is 0 Å². The van der Waals surface area contributed by atoms with E-state index < -0.39 is 0 Å². The number of nitrogens with two attached hydrogens (primary N) is 1. The number of benzene rings is 1. The maximum absolute atomic E-state index is 5.90. The molecule has 0 spiro atoms. The van der Waals surface area contributed by atoms with Crippen LogP contribution in [-0.2, 0) is 6.42 Å². The molecule has 1 heterocycles. The van der Waals surface area contributed by atoms with Gasteiger partial charge < -0.3 is 10.3 Å². The highest BCUT2D eigenvalue weighted by Gasteiger charge is 2.30. The van der Waals surface area contributed by atoms with Crippen molar-refractivity contribution in [2.75, 3.05) is 5.73 Å². The Morgan fingerprint density at radius 2 is 2.20 bits per heavy atom. The van der Waals surface area contributed by atoms with Gasteiger partial charge in [0.2, 0.25) is 0 Å². The molecule has 1 aromatic carbocycles. The van der Waals surface area contributed by atoms with E-state index in [-0.39, 0.29) is 0 Å². The fourth-order valence-corrected chi connectivity index (χ4v) is 3.70. The Kier molecular flexibility index (Phi) is 3.23. The van der Waals surface area contributed by atoms with Gasteiger partial charge in [0.1, 0.15) is 5.82 Å². The molecule has 1 saturated carbocycles. The topological polar surface area (TPSA) is 43.8 Å². The third kappa shape index (κ3) is 2.30. The van der Waals surface area contributed by atoms with Crippen LogP contribution in [0.5, 0.6) is 0 Å². The molecule has 3 heteroatoms. The highest BCUT2D eigenvalue weighted by molar-refractivity contribution is 5.79. The van der Waals surface area contributed by atoms with E-state index in [4.69, 9.17) is 10.7 Å². The van der Waals surface area contributed by atoms with Gasteiger partial charge >= 0.3 is 0 Å². The minimum absolute atomic E-state index is 0.443. The average molecular weight is 271 g/mol. The van der Waals surface area contributed by atoms with E-state index in [1.165, 1.54) is 37.0 Å². The second-order valence-corrected chi connectivity index (χ2v) is 6.91. The van der Waals surface area contributed by atoms with E-state index in [0.29, 0.717) is 11.5 Å². The van der Waals surface area contributed by atoms with E-state index in [1.54, 1.807) is 0 Å². The van der Waals surface area contributed by atoms with Crippen LogP contribution < -0.4 is 5.73 Å². The van der Waals surface area contributed by atoms with E-state index in [0.717, 1.165) is 17.6 Å². The van der Waals surface area contributed by atoms with Crippen molar-refractivity contribution in [2.45, 2.75) is 58.9 Å². The smallest absolute Gasteiger partial charge is 0.109 e. The molecule has 1 aliphatic rings. The molecule has 2 aromatic rings. The van der Waals surface area contributed by atoms with Crippen molar-refractivity contribution in [2.24, 2.45) is 5.41 Å². The molecule has 0 bridgehead atoms. The van der Waals surface area contributed by atoms with Crippen molar-refractivity contribution in [3.05, 3.63) is 24.0 Å². The predicted molar refractivity (Wildman–Crippen MR) is 84.8 cm³/mol. The van der Waals surface area contributed by atoms with Crippen molar-refractivity contribution in [3.63, 3.8) is 0 Å². The van der Waals surface area contributed by atoms with E-state index in [1.807, 2.05) is 12.1 Å². The Morgan fingerprint density at radius 3 is 2.90 bits per heavy atom. The minimum atomic E-state index is 0.443. The summed E-state index contributed by atoms with van der Waals surface area (Å²) in [5.41, 5.74) is 9.43. The third-order valence-electron chi connectivity index (χ3n) is 4.65. The van der Waals surface area contributed by atoms with Crippen LogP contribution in [0.2, 0.25) is 0 Å². The largest absolute Gasteiger partial charge is 0.399 e. The van der Waals surface area contributed by atoms with Crippen molar-refractivity contribution in [1.29, 1.82) is 0 Å². The van der Waals surface area contributed by atoms with Crippen LogP contribution in [-0.4, -0.2) is 9.55 Å². The molecule has 0 radical (unpaired) electrons. The normalized spacial score (nSPS) is 22.2. The Hall–Kier alpha value is -1.51. The molecule has 1 fully saturated rings. The molecule has 3 rings (SSSR count). The fourth-order valence-electron chi connectivity index (χ4n) is 3.70. The highest BCUT2D eigenvalue weighted by Crippen LogP contribution is 2.42. The number of aryl methyl sites for hydroxylation is 1. The molecule has 1 unspecified atom stereocenters. The number of fused-ring (bicyclic) bond motifs is 1. The Morgan fingerprint density at radius 1 is 1.40 bits per heavy atom. The number of hydrogen-bond acceptors (Lipinski definition) is 2. The molecular formula is C17H25N3. The number of hydrogen-bond donors (Lipinski definition) is 1. The van der Waals surface area contributed by atoms with Gasteiger partial charge in [-0.25, -0.2) is 4.98 Å². The van der Waals surface area contributed by atoms with E-state index >= 15 is 0 Å². The molecule has 1 aliphatic carbocycles. The fraction of sp³-hybridized carbons (Fsp3) is 0.588. The first-order valence-electron chi connectivity index (χ1n) is 7.76. The van der Waals surface area contributed by atoms with Gasteiger partial charge in [0, 0.05) is 18.2 Å². The quantitative estimate of drug-likeness (QED) is 0.826. The van der Waals surface area contributed by atoms with Gasteiger partial charge in [0.25, 0.3) is 0 Å². The standard InChI is InChI=1S/C17H25N3/c1-4-16-19-14-10-12(18)7-8-15(14)20(16)13-6-5-9-17(2,3)11-13/h7-8,10,13H,4-6,9,11,18H2,1-3H3. The SMILES string of the molecule is CCc1nc2cc(N)ccc2n1C1CCCC(C)(C)C1. The van der Waals surface area contributed by atoms with Gasteiger partial charge in [-0.15, -0.1) is 0 Å². The number of imidazole rings is 1. The maximum Gasteiger partial charge on any atom is 0.109 e.